The lowest BCUT2D eigenvalue weighted by Gasteiger charge is -2.27. The number of carbonyl (C=O) groups excluding carboxylic acids is 1. The van der Waals surface area contributed by atoms with Crippen LogP contribution in [0, 0.1) is 0 Å². The van der Waals surface area contributed by atoms with E-state index >= 15 is 0 Å². The molecule has 1 aromatic rings. The average Bonchev–Trinajstić information content (AvgIpc) is 2.40. The first kappa shape index (κ1) is 18.0. The van der Waals surface area contributed by atoms with Crippen LogP contribution in [0.15, 0.2) is 18.3 Å². The first-order valence-electron chi connectivity index (χ1n) is 6.00. The molecular formula is C12H20Cl2N4O. The molecule has 5 nitrogen and oxygen atoms in total. The van der Waals surface area contributed by atoms with Crippen molar-refractivity contribution in [3.63, 3.8) is 0 Å². The van der Waals surface area contributed by atoms with Gasteiger partial charge < -0.3 is 16.0 Å². The lowest BCUT2D eigenvalue weighted by Crippen LogP contribution is -2.30. The average molecular weight is 307 g/mol. The molecule has 0 spiro atoms. The molecule has 0 unspecified atom stereocenters. The normalized spacial score (nSPS) is 14.1. The number of hydrogen-bond acceptors (Lipinski definition) is 4. The Morgan fingerprint density at radius 3 is 2.47 bits per heavy atom. The topological polar surface area (TPSA) is 71.2 Å². The summed E-state index contributed by atoms with van der Waals surface area (Å²) >= 11 is 0. The smallest absolute Gasteiger partial charge is 0.238 e. The van der Waals surface area contributed by atoms with Crippen molar-refractivity contribution in [2.45, 2.75) is 19.3 Å². The highest BCUT2D eigenvalue weighted by Crippen LogP contribution is 2.18. The molecule has 1 saturated heterocycles. The molecule has 0 aliphatic carbocycles. The monoisotopic (exact) mass is 306 g/mol. The maximum atomic E-state index is 11.1. The zero-order chi connectivity index (χ0) is 12.1. The van der Waals surface area contributed by atoms with Crippen LogP contribution in [0.3, 0.4) is 0 Å². The number of carbonyl (C=O) groups is 1. The van der Waals surface area contributed by atoms with Crippen LogP contribution in [-0.4, -0.2) is 30.5 Å². The van der Waals surface area contributed by atoms with E-state index in [9.17, 15) is 4.79 Å². The highest BCUT2D eigenvalue weighted by Gasteiger charge is 2.11. The summed E-state index contributed by atoms with van der Waals surface area (Å²) in [4.78, 5) is 17.7. The van der Waals surface area contributed by atoms with Gasteiger partial charge in [-0.1, -0.05) is 0 Å². The minimum Gasteiger partial charge on any atom is -0.357 e. The number of halogens is 2. The van der Waals surface area contributed by atoms with Crippen LogP contribution in [0.5, 0.6) is 0 Å². The van der Waals surface area contributed by atoms with Gasteiger partial charge in [0.1, 0.15) is 5.82 Å². The quantitative estimate of drug-likeness (QED) is 0.893. The fourth-order valence-corrected chi connectivity index (χ4v) is 1.98. The Bertz CT molecular complexity index is 380. The molecule has 0 aromatic carbocycles. The van der Waals surface area contributed by atoms with Gasteiger partial charge in [0.25, 0.3) is 0 Å². The lowest BCUT2D eigenvalue weighted by molar-refractivity contribution is -0.114. The summed E-state index contributed by atoms with van der Waals surface area (Å²) in [6, 6.07) is 3.81. The lowest BCUT2D eigenvalue weighted by atomic mass is 10.1. The summed E-state index contributed by atoms with van der Waals surface area (Å²) in [7, 11) is 0. The molecule has 2 heterocycles. The molecule has 0 saturated carbocycles. The van der Waals surface area contributed by atoms with Crippen molar-refractivity contribution in [1.29, 1.82) is 0 Å². The van der Waals surface area contributed by atoms with Gasteiger partial charge in [-0.05, 0) is 31.4 Å². The number of aromatic nitrogens is 1. The number of nitrogens with one attached hydrogen (secondary N) is 1. The van der Waals surface area contributed by atoms with Gasteiger partial charge >= 0.3 is 0 Å². The Kier molecular flexibility index (Phi) is 8.47. The minimum atomic E-state index is -0.197. The number of pyridine rings is 1. The fourth-order valence-electron chi connectivity index (χ4n) is 1.98. The summed E-state index contributed by atoms with van der Waals surface area (Å²) in [6.45, 7) is 2.14. The number of nitrogens with zero attached hydrogens (tertiary/aromatic N) is 2. The Hall–Kier alpha value is -1.04. The number of anilines is 2. The van der Waals surface area contributed by atoms with Gasteiger partial charge in [-0.25, -0.2) is 4.98 Å². The van der Waals surface area contributed by atoms with Crippen LogP contribution in [0.2, 0.25) is 0 Å². The molecule has 108 valence electrons. The standard InChI is InChI=1S/C12H18N4O.2ClH/c13-8-12(17)15-10-4-5-11(14-9-10)16-6-2-1-3-7-16;;/h4-5,9H,1-3,6-8,13H2,(H,15,17);2*1H. The molecule has 0 atom stereocenters. The van der Waals surface area contributed by atoms with Gasteiger partial charge in [0.15, 0.2) is 0 Å². The first-order chi connectivity index (χ1) is 8.29. The van der Waals surface area contributed by atoms with Gasteiger partial charge in [-0.15, -0.1) is 24.8 Å². The van der Waals surface area contributed by atoms with E-state index in [0.717, 1.165) is 18.9 Å². The van der Waals surface area contributed by atoms with Crippen LogP contribution in [0.25, 0.3) is 0 Å². The van der Waals surface area contributed by atoms with E-state index < -0.39 is 0 Å². The number of rotatable bonds is 3. The SMILES string of the molecule is Cl.Cl.NCC(=O)Nc1ccc(N2CCCCC2)nc1. The predicted molar refractivity (Wildman–Crippen MR) is 82.5 cm³/mol. The molecule has 7 heteroatoms. The second-order valence-corrected chi connectivity index (χ2v) is 4.21. The molecule has 3 N–H and O–H groups in total. The fraction of sp³-hybridized carbons (Fsp3) is 0.500. The number of hydrogen-bond donors (Lipinski definition) is 2. The van der Waals surface area contributed by atoms with Crippen LogP contribution in [0.1, 0.15) is 19.3 Å². The molecule has 1 amide bonds. The number of piperidine rings is 1. The third-order valence-corrected chi connectivity index (χ3v) is 2.90. The number of amides is 1. The highest BCUT2D eigenvalue weighted by atomic mass is 35.5. The van der Waals surface area contributed by atoms with Crippen molar-refractivity contribution in [3.05, 3.63) is 18.3 Å². The Morgan fingerprint density at radius 2 is 1.95 bits per heavy atom. The minimum absolute atomic E-state index is 0. The van der Waals surface area contributed by atoms with Crippen molar-refractivity contribution >= 4 is 42.2 Å². The van der Waals surface area contributed by atoms with E-state index in [1.54, 1.807) is 6.20 Å². The Morgan fingerprint density at radius 1 is 1.26 bits per heavy atom. The van der Waals surface area contributed by atoms with E-state index in [2.05, 4.69) is 15.2 Å². The van der Waals surface area contributed by atoms with E-state index in [-0.39, 0.29) is 37.3 Å². The molecule has 0 bridgehead atoms. The second kappa shape index (κ2) is 8.96. The first-order valence-corrected chi connectivity index (χ1v) is 6.00. The number of nitrogens with two attached hydrogens (primary N) is 1. The van der Waals surface area contributed by atoms with Gasteiger partial charge in [0, 0.05) is 13.1 Å². The van der Waals surface area contributed by atoms with Crippen molar-refractivity contribution in [2.24, 2.45) is 5.73 Å². The highest BCUT2D eigenvalue weighted by molar-refractivity contribution is 5.91. The molecule has 1 aliphatic heterocycles. The predicted octanol–water partition coefficient (Wildman–Crippen LogP) is 1.81. The molecule has 0 radical (unpaired) electrons. The van der Waals surface area contributed by atoms with E-state index in [1.165, 1.54) is 19.3 Å². The molecule has 19 heavy (non-hydrogen) atoms. The summed E-state index contributed by atoms with van der Waals surface area (Å²) in [6.07, 6.45) is 5.44. The van der Waals surface area contributed by atoms with Gasteiger partial charge in [-0.2, -0.15) is 0 Å². The van der Waals surface area contributed by atoms with E-state index in [4.69, 9.17) is 5.73 Å². The van der Waals surface area contributed by atoms with Crippen LogP contribution < -0.4 is 16.0 Å². The molecule has 1 aromatic heterocycles. The summed E-state index contributed by atoms with van der Waals surface area (Å²) in [5.74, 6) is 0.785. The molecular weight excluding hydrogens is 287 g/mol. The Labute approximate surface area is 125 Å². The van der Waals surface area contributed by atoms with Gasteiger partial charge in [-0.3, -0.25) is 4.79 Å². The largest absolute Gasteiger partial charge is 0.357 e. The third-order valence-electron chi connectivity index (χ3n) is 2.90. The van der Waals surface area contributed by atoms with Crippen molar-refractivity contribution in [1.82, 2.24) is 4.98 Å². The molecule has 1 aliphatic rings. The van der Waals surface area contributed by atoms with Crippen LogP contribution >= 0.6 is 24.8 Å². The van der Waals surface area contributed by atoms with Crippen molar-refractivity contribution in [2.75, 3.05) is 29.9 Å². The maximum Gasteiger partial charge on any atom is 0.238 e. The Balaban J connectivity index is 0.00000162. The zero-order valence-electron chi connectivity index (χ0n) is 10.7. The summed E-state index contributed by atoms with van der Waals surface area (Å²) in [5.41, 5.74) is 5.92. The second-order valence-electron chi connectivity index (χ2n) is 4.21. The van der Waals surface area contributed by atoms with Crippen LogP contribution in [-0.2, 0) is 4.79 Å². The van der Waals surface area contributed by atoms with Crippen LogP contribution in [0.4, 0.5) is 11.5 Å². The van der Waals surface area contributed by atoms with Crippen molar-refractivity contribution < 1.29 is 4.79 Å². The van der Waals surface area contributed by atoms with Gasteiger partial charge in [0.2, 0.25) is 5.91 Å². The van der Waals surface area contributed by atoms with Crippen molar-refractivity contribution in [3.8, 4) is 0 Å². The molecule has 2 rings (SSSR count). The third kappa shape index (κ3) is 5.22. The summed E-state index contributed by atoms with van der Waals surface area (Å²) in [5, 5.41) is 2.68. The van der Waals surface area contributed by atoms with E-state index in [0.29, 0.717) is 5.69 Å². The van der Waals surface area contributed by atoms with E-state index in [1.807, 2.05) is 12.1 Å². The maximum absolute atomic E-state index is 11.1. The van der Waals surface area contributed by atoms with Gasteiger partial charge in [0.05, 0.1) is 18.4 Å². The zero-order valence-corrected chi connectivity index (χ0v) is 12.3. The molecule has 1 fully saturated rings. The summed E-state index contributed by atoms with van der Waals surface area (Å²) < 4.78 is 0.